The number of hydrogen-bond donors (Lipinski definition) is 1. The normalized spacial score (nSPS) is 14.2. The fourth-order valence-electron chi connectivity index (χ4n) is 3.35. The number of hydrogen-bond acceptors (Lipinski definition) is 6. The highest BCUT2D eigenvalue weighted by Crippen LogP contribution is 2.30. The van der Waals surface area contributed by atoms with Gasteiger partial charge < -0.3 is 15.1 Å². The third-order valence-corrected chi connectivity index (χ3v) is 4.90. The van der Waals surface area contributed by atoms with E-state index in [1.54, 1.807) is 34.0 Å². The lowest BCUT2D eigenvalue weighted by molar-refractivity contribution is -0.384. The molecule has 1 aromatic heterocycles. The van der Waals surface area contributed by atoms with E-state index in [1.165, 1.54) is 13.0 Å². The first-order chi connectivity index (χ1) is 13.8. The van der Waals surface area contributed by atoms with Crippen LogP contribution in [0.1, 0.15) is 37.2 Å². The number of amides is 2. The molecule has 1 saturated heterocycles. The zero-order chi connectivity index (χ0) is 21.1. The van der Waals surface area contributed by atoms with Crippen LogP contribution in [-0.4, -0.2) is 57.6 Å². The van der Waals surface area contributed by atoms with Gasteiger partial charge >= 0.3 is 0 Å². The van der Waals surface area contributed by atoms with Crippen molar-refractivity contribution in [3.05, 3.63) is 46.1 Å². The van der Waals surface area contributed by atoms with Gasteiger partial charge in [0.25, 0.3) is 11.6 Å². The van der Waals surface area contributed by atoms with Crippen LogP contribution in [0.4, 0.5) is 17.2 Å². The molecule has 2 amide bonds. The number of nitrogens with one attached hydrogen (secondary N) is 1. The third-order valence-electron chi connectivity index (χ3n) is 4.90. The van der Waals surface area contributed by atoms with Gasteiger partial charge in [0.2, 0.25) is 5.91 Å². The molecule has 0 spiro atoms. The Bertz CT molecular complexity index is 931. The molecule has 0 radical (unpaired) electrons. The molecule has 1 aliphatic heterocycles. The number of nitro benzene ring substituents is 1. The molecule has 1 N–H and O–H groups in total. The van der Waals surface area contributed by atoms with Crippen molar-refractivity contribution in [1.82, 2.24) is 14.7 Å². The summed E-state index contributed by atoms with van der Waals surface area (Å²) in [5.41, 5.74) is 0.507. The number of nitrogens with zero attached hydrogens (tertiary/aromatic N) is 5. The van der Waals surface area contributed by atoms with Gasteiger partial charge in [-0.2, -0.15) is 5.10 Å². The first-order valence-electron chi connectivity index (χ1n) is 9.41. The number of nitro groups is 1. The number of carbonyl (C=O) groups excluding carboxylic acids is 2. The Morgan fingerprint density at radius 1 is 1.17 bits per heavy atom. The molecule has 154 valence electrons. The van der Waals surface area contributed by atoms with Crippen LogP contribution in [0.15, 0.2) is 30.5 Å². The highest BCUT2D eigenvalue weighted by Gasteiger charge is 2.26. The van der Waals surface area contributed by atoms with Crippen molar-refractivity contribution >= 4 is 29.0 Å². The average molecular weight is 400 g/mol. The summed E-state index contributed by atoms with van der Waals surface area (Å²) in [6.07, 6.45) is 1.59. The zero-order valence-corrected chi connectivity index (χ0v) is 16.7. The molecule has 2 aromatic rings. The quantitative estimate of drug-likeness (QED) is 0.608. The molecule has 1 aliphatic rings. The van der Waals surface area contributed by atoms with Gasteiger partial charge in [-0.3, -0.25) is 19.7 Å². The second-order valence-electron chi connectivity index (χ2n) is 7.16. The molecule has 2 heterocycles. The molecular formula is C19H24N6O4. The van der Waals surface area contributed by atoms with E-state index >= 15 is 0 Å². The molecule has 0 aliphatic carbocycles. The summed E-state index contributed by atoms with van der Waals surface area (Å²) < 4.78 is 1.66. The first kappa shape index (κ1) is 20.3. The number of rotatable bonds is 5. The van der Waals surface area contributed by atoms with E-state index in [9.17, 15) is 19.7 Å². The van der Waals surface area contributed by atoms with E-state index < -0.39 is 10.8 Å². The fraction of sp³-hybridized carbons (Fsp3) is 0.421. The van der Waals surface area contributed by atoms with Gasteiger partial charge in [-0.1, -0.05) is 0 Å². The number of anilines is 2. The Morgan fingerprint density at radius 3 is 2.45 bits per heavy atom. The number of carbonyl (C=O) groups is 2. The van der Waals surface area contributed by atoms with E-state index in [2.05, 4.69) is 10.4 Å². The van der Waals surface area contributed by atoms with E-state index in [0.717, 1.165) is 0 Å². The van der Waals surface area contributed by atoms with Crippen LogP contribution in [-0.2, 0) is 4.79 Å². The predicted molar refractivity (Wildman–Crippen MR) is 108 cm³/mol. The van der Waals surface area contributed by atoms with Crippen LogP contribution < -0.4 is 10.2 Å². The molecule has 0 atom stereocenters. The summed E-state index contributed by atoms with van der Waals surface area (Å²) >= 11 is 0. The largest absolute Gasteiger partial charge is 0.362 e. The standard InChI is InChI=1S/C19H24N6O4/c1-13(2)24-18(6-7-20-24)21-19(27)15-4-5-16(17(12-15)25(28)29)23-10-8-22(9-11-23)14(3)26/h4-7,12-13H,8-11H2,1-3H3,(H,21,27). The first-order valence-corrected chi connectivity index (χ1v) is 9.41. The maximum Gasteiger partial charge on any atom is 0.293 e. The van der Waals surface area contributed by atoms with E-state index in [1.807, 2.05) is 18.7 Å². The smallest absolute Gasteiger partial charge is 0.293 e. The second kappa shape index (κ2) is 8.29. The molecule has 0 bridgehead atoms. The van der Waals surface area contributed by atoms with Gasteiger partial charge in [0.1, 0.15) is 11.5 Å². The summed E-state index contributed by atoms with van der Waals surface area (Å²) in [7, 11) is 0. The van der Waals surface area contributed by atoms with Crippen molar-refractivity contribution in [2.45, 2.75) is 26.8 Å². The lowest BCUT2D eigenvalue weighted by atomic mass is 10.1. The second-order valence-corrected chi connectivity index (χ2v) is 7.16. The number of benzene rings is 1. The predicted octanol–water partition coefficient (Wildman–Crippen LogP) is 2.29. The molecule has 1 fully saturated rings. The summed E-state index contributed by atoms with van der Waals surface area (Å²) in [6, 6.07) is 6.19. The van der Waals surface area contributed by atoms with Crippen LogP contribution in [0.5, 0.6) is 0 Å². The lowest BCUT2D eigenvalue weighted by Gasteiger charge is -2.35. The Kier molecular flexibility index (Phi) is 5.81. The maximum atomic E-state index is 12.6. The van der Waals surface area contributed by atoms with Crippen molar-refractivity contribution in [3.8, 4) is 0 Å². The number of aromatic nitrogens is 2. The SMILES string of the molecule is CC(=O)N1CCN(c2ccc(C(=O)Nc3ccnn3C(C)C)cc2[N+](=O)[O-])CC1. The van der Waals surface area contributed by atoms with Gasteiger partial charge in [0.15, 0.2) is 0 Å². The Morgan fingerprint density at radius 2 is 1.86 bits per heavy atom. The zero-order valence-electron chi connectivity index (χ0n) is 16.7. The van der Waals surface area contributed by atoms with Gasteiger partial charge in [0, 0.05) is 56.8 Å². The third kappa shape index (κ3) is 4.36. The molecule has 29 heavy (non-hydrogen) atoms. The van der Waals surface area contributed by atoms with E-state index in [-0.39, 0.29) is 23.2 Å². The topological polar surface area (TPSA) is 114 Å². The molecule has 3 rings (SSSR count). The minimum atomic E-state index is -0.484. The summed E-state index contributed by atoms with van der Waals surface area (Å²) in [4.78, 5) is 38.9. The lowest BCUT2D eigenvalue weighted by Crippen LogP contribution is -2.48. The molecule has 10 nitrogen and oxygen atoms in total. The summed E-state index contributed by atoms with van der Waals surface area (Å²) in [5, 5.41) is 18.6. The maximum absolute atomic E-state index is 12.6. The summed E-state index contributed by atoms with van der Waals surface area (Å²) in [5.74, 6) is 0.0762. The fourth-order valence-corrected chi connectivity index (χ4v) is 3.35. The minimum absolute atomic E-state index is 0.00759. The monoisotopic (exact) mass is 400 g/mol. The molecular weight excluding hydrogens is 376 g/mol. The van der Waals surface area contributed by atoms with Crippen molar-refractivity contribution in [1.29, 1.82) is 0 Å². The molecule has 0 unspecified atom stereocenters. The van der Waals surface area contributed by atoms with Gasteiger partial charge in [-0.15, -0.1) is 0 Å². The van der Waals surface area contributed by atoms with Crippen molar-refractivity contribution in [3.63, 3.8) is 0 Å². The van der Waals surface area contributed by atoms with E-state index in [0.29, 0.717) is 37.7 Å². The molecule has 1 aromatic carbocycles. The van der Waals surface area contributed by atoms with Gasteiger partial charge in [0.05, 0.1) is 11.1 Å². The van der Waals surface area contributed by atoms with E-state index in [4.69, 9.17) is 0 Å². The van der Waals surface area contributed by atoms with Crippen LogP contribution in [0.2, 0.25) is 0 Å². The highest BCUT2D eigenvalue weighted by atomic mass is 16.6. The van der Waals surface area contributed by atoms with Crippen LogP contribution in [0.3, 0.4) is 0 Å². The Hall–Kier alpha value is -3.43. The highest BCUT2D eigenvalue weighted by molar-refractivity contribution is 6.04. The number of piperazine rings is 1. The Balaban J connectivity index is 1.81. The van der Waals surface area contributed by atoms with Gasteiger partial charge in [-0.25, -0.2) is 4.68 Å². The Labute approximate surface area is 168 Å². The van der Waals surface area contributed by atoms with Crippen LogP contribution in [0, 0.1) is 10.1 Å². The van der Waals surface area contributed by atoms with Crippen molar-refractivity contribution < 1.29 is 14.5 Å². The van der Waals surface area contributed by atoms with Crippen LogP contribution >= 0.6 is 0 Å². The minimum Gasteiger partial charge on any atom is -0.362 e. The molecule has 10 heteroatoms. The average Bonchev–Trinajstić information content (AvgIpc) is 3.16. The van der Waals surface area contributed by atoms with Crippen molar-refractivity contribution in [2.24, 2.45) is 0 Å². The van der Waals surface area contributed by atoms with Crippen molar-refractivity contribution in [2.75, 3.05) is 36.4 Å². The summed E-state index contributed by atoms with van der Waals surface area (Å²) in [6.45, 7) is 7.40. The van der Waals surface area contributed by atoms with Gasteiger partial charge in [-0.05, 0) is 26.0 Å². The molecule has 0 saturated carbocycles. The van der Waals surface area contributed by atoms with Crippen LogP contribution in [0.25, 0.3) is 0 Å².